The Balaban J connectivity index is 2.09. The predicted molar refractivity (Wildman–Crippen MR) is 114 cm³/mol. The van der Waals surface area contributed by atoms with Gasteiger partial charge in [0.2, 0.25) is 0 Å². The third-order valence-corrected chi connectivity index (χ3v) is 5.42. The summed E-state index contributed by atoms with van der Waals surface area (Å²) in [4.78, 5) is 31.9. The number of aromatic nitrogens is 1. The number of rotatable bonds is 7. The summed E-state index contributed by atoms with van der Waals surface area (Å²) in [6, 6.07) is 7.40. The number of methoxy groups -OCH3 is 1. The van der Waals surface area contributed by atoms with Crippen molar-refractivity contribution in [2.45, 2.75) is 39.0 Å². The van der Waals surface area contributed by atoms with Gasteiger partial charge in [-0.1, -0.05) is 13.3 Å². The molecule has 1 aliphatic heterocycles. The van der Waals surface area contributed by atoms with Gasteiger partial charge in [-0.3, -0.25) is 9.59 Å². The summed E-state index contributed by atoms with van der Waals surface area (Å²) >= 11 is 0. The van der Waals surface area contributed by atoms with Gasteiger partial charge < -0.3 is 24.6 Å². The number of ether oxygens (including phenoxy) is 1. The van der Waals surface area contributed by atoms with Gasteiger partial charge in [-0.05, 0) is 49.9 Å². The lowest BCUT2D eigenvalue weighted by atomic mass is 10.1. The van der Waals surface area contributed by atoms with E-state index in [1.807, 2.05) is 31.3 Å². The summed E-state index contributed by atoms with van der Waals surface area (Å²) in [6.45, 7) is 3.29. The fourth-order valence-electron chi connectivity index (χ4n) is 3.74. The molecule has 2 aromatic rings. The van der Waals surface area contributed by atoms with Crippen molar-refractivity contribution < 1.29 is 14.6 Å². The van der Waals surface area contributed by atoms with E-state index in [-0.39, 0.29) is 11.3 Å². The molecule has 0 aliphatic carbocycles. The average Bonchev–Trinajstić information content (AvgIpc) is 3.26. The van der Waals surface area contributed by atoms with E-state index in [9.17, 15) is 14.7 Å². The molecule has 1 fully saturated rings. The summed E-state index contributed by atoms with van der Waals surface area (Å²) in [7, 11) is 3.42. The SMILES string of the molecule is CCCCc1[nH]c(=O)c(C(=O)N2CCCC2)c(O)c1N(C)c1ccc(OC)cc1. The largest absolute Gasteiger partial charge is 0.505 e. The van der Waals surface area contributed by atoms with Crippen molar-refractivity contribution in [3.63, 3.8) is 0 Å². The first-order valence-corrected chi connectivity index (χ1v) is 10.1. The fourth-order valence-corrected chi connectivity index (χ4v) is 3.74. The summed E-state index contributed by atoms with van der Waals surface area (Å²) in [5.74, 6) is 0.0618. The quantitative estimate of drug-likeness (QED) is 0.745. The second kappa shape index (κ2) is 9.03. The molecular formula is C22H29N3O4. The van der Waals surface area contributed by atoms with E-state index in [2.05, 4.69) is 11.9 Å². The van der Waals surface area contributed by atoms with Crippen LogP contribution in [0.5, 0.6) is 11.5 Å². The number of hydrogen-bond donors (Lipinski definition) is 2. The number of nitrogens with one attached hydrogen (secondary N) is 1. The molecule has 0 saturated carbocycles. The van der Waals surface area contributed by atoms with E-state index < -0.39 is 11.5 Å². The van der Waals surface area contributed by atoms with Crippen LogP contribution in [0.2, 0.25) is 0 Å². The van der Waals surface area contributed by atoms with Crippen molar-refractivity contribution in [2.24, 2.45) is 0 Å². The lowest BCUT2D eigenvalue weighted by Crippen LogP contribution is -2.33. The lowest BCUT2D eigenvalue weighted by molar-refractivity contribution is 0.0788. The van der Waals surface area contributed by atoms with E-state index in [0.29, 0.717) is 30.9 Å². The van der Waals surface area contributed by atoms with Gasteiger partial charge in [-0.2, -0.15) is 0 Å². The minimum Gasteiger partial charge on any atom is -0.505 e. The number of H-pyrrole nitrogens is 1. The van der Waals surface area contributed by atoms with Crippen molar-refractivity contribution in [3.05, 3.63) is 45.9 Å². The third kappa shape index (κ3) is 4.23. The zero-order chi connectivity index (χ0) is 21.0. The molecule has 1 aromatic carbocycles. The normalized spacial score (nSPS) is 13.6. The van der Waals surface area contributed by atoms with Crippen LogP contribution in [0.1, 0.15) is 48.7 Å². The van der Waals surface area contributed by atoms with Crippen LogP contribution in [-0.2, 0) is 6.42 Å². The number of anilines is 2. The number of pyridine rings is 1. The first-order valence-electron chi connectivity index (χ1n) is 10.1. The maximum absolute atomic E-state index is 12.9. The van der Waals surface area contributed by atoms with Gasteiger partial charge in [0, 0.05) is 31.5 Å². The standard InChI is InChI=1S/C22H29N3O4/c1-4-5-8-17-19(24(2)15-9-11-16(29-3)12-10-15)20(26)18(21(27)23-17)22(28)25-13-6-7-14-25/h9-12H,4-8,13-14H2,1-3H3,(H2,23,26,27). The molecule has 0 atom stereocenters. The van der Waals surface area contributed by atoms with Gasteiger partial charge >= 0.3 is 0 Å². The molecule has 1 amide bonds. The first kappa shape index (κ1) is 20.8. The number of aromatic amines is 1. The number of benzene rings is 1. The smallest absolute Gasteiger partial charge is 0.264 e. The highest BCUT2D eigenvalue weighted by Crippen LogP contribution is 2.37. The second-order valence-electron chi connectivity index (χ2n) is 7.36. The molecule has 1 saturated heterocycles. The molecule has 29 heavy (non-hydrogen) atoms. The maximum Gasteiger partial charge on any atom is 0.264 e. The van der Waals surface area contributed by atoms with Crippen molar-refractivity contribution >= 4 is 17.3 Å². The highest BCUT2D eigenvalue weighted by molar-refractivity contribution is 5.99. The van der Waals surface area contributed by atoms with E-state index >= 15 is 0 Å². The van der Waals surface area contributed by atoms with Gasteiger partial charge in [-0.15, -0.1) is 0 Å². The monoisotopic (exact) mass is 399 g/mol. The Labute approximate surface area is 170 Å². The number of nitrogens with zero attached hydrogens (tertiary/aromatic N) is 2. The number of hydrogen-bond acceptors (Lipinski definition) is 5. The Morgan fingerprint density at radius 3 is 2.48 bits per heavy atom. The zero-order valence-electron chi connectivity index (χ0n) is 17.3. The van der Waals surface area contributed by atoms with E-state index in [1.165, 1.54) is 0 Å². The average molecular weight is 399 g/mol. The number of aryl methyl sites for hydroxylation is 1. The molecule has 0 bridgehead atoms. The molecule has 1 aliphatic rings. The molecule has 0 spiro atoms. The summed E-state index contributed by atoms with van der Waals surface area (Å²) in [5, 5.41) is 11.1. The molecular weight excluding hydrogens is 370 g/mol. The molecule has 156 valence electrons. The molecule has 2 heterocycles. The van der Waals surface area contributed by atoms with E-state index in [0.717, 1.165) is 37.1 Å². The van der Waals surface area contributed by atoms with E-state index in [1.54, 1.807) is 16.9 Å². The Kier molecular flexibility index (Phi) is 6.46. The number of carbonyl (C=O) groups is 1. The molecule has 2 N–H and O–H groups in total. The van der Waals surface area contributed by atoms with Crippen LogP contribution in [0.25, 0.3) is 0 Å². The number of unbranched alkanes of at least 4 members (excludes halogenated alkanes) is 1. The van der Waals surface area contributed by atoms with Crippen molar-refractivity contribution in [1.29, 1.82) is 0 Å². The van der Waals surface area contributed by atoms with Gasteiger partial charge in [0.1, 0.15) is 17.0 Å². The second-order valence-corrected chi connectivity index (χ2v) is 7.36. The van der Waals surface area contributed by atoms with Crippen LogP contribution >= 0.6 is 0 Å². The highest BCUT2D eigenvalue weighted by atomic mass is 16.5. The Bertz CT molecular complexity index is 915. The summed E-state index contributed by atoms with van der Waals surface area (Å²) in [5.41, 5.74) is 1.20. The Morgan fingerprint density at radius 1 is 1.24 bits per heavy atom. The topological polar surface area (TPSA) is 85.9 Å². The van der Waals surface area contributed by atoms with Crippen LogP contribution in [0.15, 0.2) is 29.1 Å². The maximum atomic E-state index is 12.9. The molecule has 0 unspecified atom stereocenters. The molecule has 1 aromatic heterocycles. The zero-order valence-corrected chi connectivity index (χ0v) is 17.3. The molecule has 0 radical (unpaired) electrons. The molecule has 3 rings (SSSR count). The summed E-state index contributed by atoms with van der Waals surface area (Å²) < 4.78 is 5.21. The van der Waals surface area contributed by atoms with Gasteiger partial charge in [0.05, 0.1) is 7.11 Å². The van der Waals surface area contributed by atoms with Crippen molar-refractivity contribution in [1.82, 2.24) is 9.88 Å². The van der Waals surface area contributed by atoms with Crippen molar-refractivity contribution in [3.8, 4) is 11.5 Å². The minimum atomic E-state index is -0.530. The van der Waals surface area contributed by atoms with E-state index in [4.69, 9.17) is 4.74 Å². The van der Waals surface area contributed by atoms with Gasteiger partial charge in [-0.25, -0.2) is 0 Å². The number of likely N-dealkylation sites (tertiary alicyclic amines) is 1. The van der Waals surface area contributed by atoms with Crippen LogP contribution < -0.4 is 15.2 Å². The number of carbonyl (C=O) groups excluding carboxylic acids is 1. The Hall–Kier alpha value is -2.96. The van der Waals surface area contributed by atoms with Crippen LogP contribution in [0.3, 0.4) is 0 Å². The minimum absolute atomic E-state index is 0.178. The number of aromatic hydroxyl groups is 1. The van der Waals surface area contributed by atoms with Crippen LogP contribution in [-0.4, -0.2) is 48.1 Å². The summed E-state index contributed by atoms with van der Waals surface area (Å²) in [6.07, 6.45) is 4.24. The predicted octanol–water partition coefficient (Wildman–Crippen LogP) is 3.44. The van der Waals surface area contributed by atoms with Crippen LogP contribution in [0.4, 0.5) is 11.4 Å². The first-order chi connectivity index (χ1) is 14.0. The fraction of sp³-hybridized carbons (Fsp3) is 0.455. The molecule has 7 heteroatoms. The third-order valence-electron chi connectivity index (χ3n) is 5.42. The van der Waals surface area contributed by atoms with Crippen molar-refractivity contribution in [2.75, 3.05) is 32.1 Å². The Morgan fingerprint density at radius 2 is 1.90 bits per heavy atom. The van der Waals surface area contributed by atoms with Crippen LogP contribution in [0, 0.1) is 0 Å². The van der Waals surface area contributed by atoms with Gasteiger partial charge in [0.15, 0.2) is 5.75 Å². The molecule has 7 nitrogen and oxygen atoms in total. The number of amides is 1. The van der Waals surface area contributed by atoms with Gasteiger partial charge in [0.25, 0.3) is 11.5 Å². The lowest BCUT2D eigenvalue weighted by Gasteiger charge is -2.25. The highest BCUT2D eigenvalue weighted by Gasteiger charge is 2.29.